The highest BCUT2D eigenvalue weighted by Crippen LogP contribution is 2.30. The number of benzene rings is 3. The number of hydrogen-bond donors (Lipinski definition) is 1. The van der Waals surface area contributed by atoms with Gasteiger partial charge in [-0.05, 0) is 29.0 Å². The van der Waals surface area contributed by atoms with Crippen molar-refractivity contribution in [1.82, 2.24) is 4.98 Å². The summed E-state index contributed by atoms with van der Waals surface area (Å²) in [5.41, 5.74) is 1.29. The smallest absolute Gasteiger partial charge is 0.345 e. The third-order valence-electron chi connectivity index (χ3n) is 5.21. The monoisotopic (exact) mass is 466 g/mol. The van der Waals surface area contributed by atoms with Gasteiger partial charge in [-0.15, -0.1) is 11.3 Å². The van der Waals surface area contributed by atoms with Crippen LogP contribution in [0.5, 0.6) is 0 Å². The number of thiazole rings is 1. The number of nitro benzene ring substituents is 1. The van der Waals surface area contributed by atoms with Crippen LogP contribution in [0.1, 0.15) is 5.01 Å². The van der Waals surface area contributed by atoms with Gasteiger partial charge < -0.3 is 9.73 Å². The number of hydrogen-bond acceptors (Lipinski definition) is 8. The van der Waals surface area contributed by atoms with Crippen molar-refractivity contribution in [3.8, 4) is 17.3 Å². The first-order valence-electron chi connectivity index (χ1n) is 10.1. The number of anilines is 1. The normalized spacial score (nSPS) is 11.4. The number of nitrogens with zero attached hydrogens (tertiary/aromatic N) is 3. The van der Waals surface area contributed by atoms with Crippen LogP contribution in [-0.4, -0.2) is 9.91 Å². The van der Waals surface area contributed by atoms with Gasteiger partial charge in [0.05, 0.1) is 16.2 Å². The Balaban J connectivity index is 1.51. The van der Waals surface area contributed by atoms with Crippen LogP contribution in [-0.2, 0) is 0 Å². The molecule has 0 spiro atoms. The van der Waals surface area contributed by atoms with Crippen molar-refractivity contribution < 1.29 is 9.34 Å². The number of aromatic nitrogens is 1. The van der Waals surface area contributed by atoms with Crippen molar-refractivity contribution in [3.05, 3.63) is 104 Å². The lowest BCUT2D eigenvalue weighted by Crippen LogP contribution is -2.03. The zero-order valence-corrected chi connectivity index (χ0v) is 18.2. The minimum absolute atomic E-state index is 0.0657. The van der Waals surface area contributed by atoms with Gasteiger partial charge in [0.2, 0.25) is 0 Å². The summed E-state index contributed by atoms with van der Waals surface area (Å²) in [5.74, 6) is 0. The minimum atomic E-state index is -0.517. The van der Waals surface area contributed by atoms with Gasteiger partial charge in [-0.1, -0.05) is 36.4 Å². The topological polar surface area (TPSA) is 122 Å². The molecule has 9 heteroatoms. The molecule has 1 N–H and O–H groups in total. The summed E-state index contributed by atoms with van der Waals surface area (Å²) in [6.45, 7) is 0. The van der Waals surface area contributed by atoms with Crippen molar-refractivity contribution in [1.29, 1.82) is 5.26 Å². The fourth-order valence-corrected chi connectivity index (χ4v) is 4.36. The van der Waals surface area contributed by atoms with Crippen LogP contribution >= 0.6 is 11.3 Å². The van der Waals surface area contributed by atoms with Crippen LogP contribution in [0.15, 0.2) is 87.5 Å². The van der Waals surface area contributed by atoms with Gasteiger partial charge in [-0.25, -0.2) is 9.78 Å². The number of rotatable bonds is 5. The first-order chi connectivity index (χ1) is 16.5. The number of nitriles is 1. The molecule has 0 fully saturated rings. The summed E-state index contributed by atoms with van der Waals surface area (Å²) >= 11 is 1.21. The Hall–Kier alpha value is -4.81. The highest BCUT2D eigenvalue weighted by Gasteiger charge is 2.15. The molecule has 3 aromatic carbocycles. The van der Waals surface area contributed by atoms with Crippen molar-refractivity contribution in [2.24, 2.45) is 0 Å². The molecule has 5 rings (SSSR count). The van der Waals surface area contributed by atoms with Crippen molar-refractivity contribution in [2.45, 2.75) is 0 Å². The van der Waals surface area contributed by atoms with Gasteiger partial charge in [0.15, 0.2) is 0 Å². The number of fused-ring (bicyclic) bond motifs is 3. The second kappa shape index (κ2) is 8.61. The average Bonchev–Trinajstić information content (AvgIpc) is 3.34. The van der Waals surface area contributed by atoms with Gasteiger partial charge in [0.1, 0.15) is 22.2 Å². The van der Waals surface area contributed by atoms with Crippen molar-refractivity contribution >= 4 is 50.0 Å². The van der Waals surface area contributed by atoms with Crippen LogP contribution in [0.4, 0.5) is 11.4 Å². The second-order valence-corrected chi connectivity index (χ2v) is 8.16. The molecule has 0 saturated heterocycles. The largest absolute Gasteiger partial charge is 0.422 e. The van der Waals surface area contributed by atoms with Crippen LogP contribution in [0.25, 0.3) is 38.6 Å². The van der Waals surface area contributed by atoms with E-state index in [1.54, 1.807) is 29.6 Å². The number of allylic oxidation sites excluding steroid dienone is 1. The van der Waals surface area contributed by atoms with Gasteiger partial charge in [0.25, 0.3) is 5.69 Å². The summed E-state index contributed by atoms with van der Waals surface area (Å²) < 4.78 is 5.55. The fourth-order valence-electron chi connectivity index (χ4n) is 3.58. The molecule has 0 bridgehead atoms. The highest BCUT2D eigenvalue weighted by molar-refractivity contribution is 7.11. The summed E-state index contributed by atoms with van der Waals surface area (Å²) in [6, 6.07) is 21.3. The molecule has 0 aliphatic carbocycles. The number of non-ortho nitro benzene ring substituents is 1. The molecule has 0 radical (unpaired) electrons. The molecule has 0 atom stereocenters. The summed E-state index contributed by atoms with van der Waals surface area (Å²) in [6.07, 6.45) is 1.43. The fraction of sp³-hybridized carbons (Fsp3) is 0. The van der Waals surface area contributed by atoms with Gasteiger partial charge in [0, 0.05) is 34.8 Å². The van der Waals surface area contributed by atoms with Crippen molar-refractivity contribution in [3.63, 3.8) is 0 Å². The average molecular weight is 466 g/mol. The maximum absolute atomic E-state index is 12.7. The summed E-state index contributed by atoms with van der Waals surface area (Å²) in [7, 11) is 0. The zero-order valence-electron chi connectivity index (χ0n) is 17.4. The summed E-state index contributed by atoms with van der Waals surface area (Å²) in [4.78, 5) is 27.6. The molecule has 5 aromatic rings. The molecular weight excluding hydrogens is 452 g/mol. The van der Waals surface area contributed by atoms with E-state index < -0.39 is 10.5 Å². The summed E-state index contributed by atoms with van der Waals surface area (Å²) in [5, 5.41) is 28.3. The maximum Gasteiger partial charge on any atom is 0.345 e. The molecule has 2 heterocycles. The molecule has 0 saturated carbocycles. The Morgan fingerprint density at radius 2 is 1.97 bits per heavy atom. The van der Waals surface area contributed by atoms with Crippen LogP contribution in [0, 0.1) is 21.4 Å². The molecular formula is C25H14N4O4S. The Morgan fingerprint density at radius 3 is 2.79 bits per heavy atom. The van der Waals surface area contributed by atoms with Crippen LogP contribution in [0.3, 0.4) is 0 Å². The molecule has 164 valence electrons. The highest BCUT2D eigenvalue weighted by atomic mass is 32.1. The lowest BCUT2D eigenvalue weighted by atomic mass is 10.0. The van der Waals surface area contributed by atoms with E-state index in [1.807, 2.05) is 30.3 Å². The number of nitro groups is 1. The minimum Gasteiger partial charge on any atom is -0.422 e. The Labute approximate surface area is 196 Å². The standard InChI is InChI=1S/C25H14N4O4S/c26-12-16(13-27-17-5-3-6-18(10-17)29(31)32)24-28-22(14-34-24)21-11-20-19-7-2-1-4-15(19)8-9-23(20)33-25(21)30/h1-11,13-14,27H/b16-13+. The molecule has 34 heavy (non-hydrogen) atoms. The predicted molar refractivity (Wildman–Crippen MR) is 131 cm³/mol. The molecule has 2 aromatic heterocycles. The first kappa shape index (κ1) is 21.1. The quantitative estimate of drug-likeness (QED) is 0.112. The van der Waals surface area contributed by atoms with Gasteiger partial charge in [-0.2, -0.15) is 5.26 Å². The predicted octanol–water partition coefficient (Wildman–Crippen LogP) is 5.95. The van der Waals surface area contributed by atoms with Crippen LogP contribution in [0.2, 0.25) is 0 Å². The van der Waals surface area contributed by atoms with Crippen LogP contribution < -0.4 is 10.9 Å². The number of nitrogens with one attached hydrogen (secondary N) is 1. The second-order valence-electron chi connectivity index (χ2n) is 7.31. The van der Waals surface area contributed by atoms with E-state index in [4.69, 9.17) is 4.42 Å². The van der Waals surface area contributed by atoms with E-state index >= 15 is 0 Å². The van der Waals surface area contributed by atoms with E-state index in [2.05, 4.69) is 16.4 Å². The Kier molecular flexibility index (Phi) is 5.33. The third kappa shape index (κ3) is 3.90. The Bertz CT molecular complexity index is 1710. The van der Waals surface area contributed by atoms with Gasteiger partial charge >= 0.3 is 5.63 Å². The first-order valence-corrected chi connectivity index (χ1v) is 10.9. The maximum atomic E-state index is 12.7. The van der Waals surface area contributed by atoms with Crippen molar-refractivity contribution in [2.75, 3.05) is 5.32 Å². The Morgan fingerprint density at radius 1 is 1.12 bits per heavy atom. The SMILES string of the molecule is N#C/C(=C\Nc1cccc([N+](=O)[O-])c1)c1nc(-c2cc3c(ccc4ccccc43)oc2=O)cs1. The molecule has 8 nitrogen and oxygen atoms in total. The lowest BCUT2D eigenvalue weighted by Gasteiger charge is -2.04. The van der Waals surface area contributed by atoms with E-state index in [-0.39, 0.29) is 11.3 Å². The molecule has 0 amide bonds. The molecule has 0 aliphatic rings. The van der Waals surface area contributed by atoms with Gasteiger partial charge in [-0.3, -0.25) is 10.1 Å². The zero-order chi connectivity index (χ0) is 23.7. The third-order valence-corrected chi connectivity index (χ3v) is 6.09. The lowest BCUT2D eigenvalue weighted by molar-refractivity contribution is -0.384. The van der Waals surface area contributed by atoms with E-state index in [0.29, 0.717) is 27.5 Å². The molecule has 0 unspecified atom stereocenters. The molecule has 0 aliphatic heterocycles. The van der Waals surface area contributed by atoms with E-state index in [1.165, 1.54) is 29.7 Å². The van der Waals surface area contributed by atoms with E-state index in [0.717, 1.165) is 16.2 Å². The van der Waals surface area contributed by atoms with E-state index in [9.17, 15) is 20.2 Å².